The topological polar surface area (TPSA) is 87.1 Å². The van der Waals surface area contributed by atoms with Crippen LogP contribution in [0.25, 0.3) is 0 Å². The predicted octanol–water partition coefficient (Wildman–Crippen LogP) is 0.194. The van der Waals surface area contributed by atoms with Gasteiger partial charge in [0.25, 0.3) is 0 Å². The van der Waals surface area contributed by atoms with E-state index in [1.54, 1.807) is 0 Å². The lowest BCUT2D eigenvalue weighted by molar-refractivity contribution is -0.135. The number of rotatable bonds is 6. The lowest BCUT2D eigenvalue weighted by atomic mass is 10.1. The Bertz CT molecular complexity index is 307. The van der Waals surface area contributed by atoms with E-state index in [-0.39, 0.29) is 12.0 Å². The van der Waals surface area contributed by atoms with Crippen LogP contribution in [-0.4, -0.2) is 59.9 Å². The molecular weight excluding hydrogens is 226 g/mol. The first-order valence-electron chi connectivity index (χ1n) is 5.56. The number of ether oxygens (including phenoxy) is 1. The van der Waals surface area contributed by atoms with Crippen LogP contribution in [0, 0.1) is 0 Å². The highest BCUT2D eigenvalue weighted by Gasteiger charge is 2.12. The third-order valence-electron chi connectivity index (χ3n) is 2.60. The third-order valence-corrected chi connectivity index (χ3v) is 2.60. The van der Waals surface area contributed by atoms with Gasteiger partial charge in [0.1, 0.15) is 0 Å². The maximum atomic E-state index is 10.8. The molecule has 1 rings (SSSR count). The van der Waals surface area contributed by atoms with Gasteiger partial charge in [-0.3, -0.25) is 4.90 Å². The van der Waals surface area contributed by atoms with Crippen LogP contribution in [0.5, 0.6) is 0 Å². The second-order valence-corrected chi connectivity index (χ2v) is 3.87. The standard InChI is InChI=1S/C11H17NO5/c13-10(14)8-9(11(15)16)2-1-3-12-4-6-17-7-5-12/h8H,1-7H2,(H,13,14)(H,15,16). The summed E-state index contributed by atoms with van der Waals surface area (Å²) in [7, 11) is 0. The summed E-state index contributed by atoms with van der Waals surface area (Å²) in [4.78, 5) is 23.3. The van der Waals surface area contributed by atoms with E-state index in [2.05, 4.69) is 4.90 Å². The second kappa shape index (κ2) is 7.03. The Labute approximate surface area is 99.5 Å². The predicted molar refractivity (Wildman–Crippen MR) is 59.8 cm³/mol. The van der Waals surface area contributed by atoms with Gasteiger partial charge in [-0.2, -0.15) is 0 Å². The molecule has 0 aliphatic carbocycles. The molecule has 2 N–H and O–H groups in total. The van der Waals surface area contributed by atoms with Crippen LogP contribution in [0.3, 0.4) is 0 Å². The SMILES string of the molecule is O=C(O)C=C(CCCN1CCOCC1)C(=O)O. The lowest BCUT2D eigenvalue weighted by Gasteiger charge is -2.26. The van der Waals surface area contributed by atoms with Gasteiger partial charge in [-0.25, -0.2) is 9.59 Å². The van der Waals surface area contributed by atoms with Gasteiger partial charge in [-0.05, 0) is 19.4 Å². The van der Waals surface area contributed by atoms with Gasteiger partial charge in [-0.1, -0.05) is 0 Å². The Morgan fingerprint density at radius 1 is 1.24 bits per heavy atom. The highest BCUT2D eigenvalue weighted by atomic mass is 16.5. The molecule has 96 valence electrons. The molecule has 0 bridgehead atoms. The maximum absolute atomic E-state index is 10.8. The molecule has 0 radical (unpaired) electrons. The Morgan fingerprint density at radius 2 is 1.88 bits per heavy atom. The van der Waals surface area contributed by atoms with Crippen LogP contribution in [0.1, 0.15) is 12.8 Å². The first-order chi connectivity index (χ1) is 8.09. The molecule has 0 atom stereocenters. The van der Waals surface area contributed by atoms with Crippen LogP contribution in [0.4, 0.5) is 0 Å². The van der Waals surface area contributed by atoms with Crippen LogP contribution in [0.15, 0.2) is 11.6 Å². The average molecular weight is 243 g/mol. The summed E-state index contributed by atoms with van der Waals surface area (Å²) in [6, 6.07) is 0. The number of hydrogen-bond acceptors (Lipinski definition) is 4. The lowest BCUT2D eigenvalue weighted by Crippen LogP contribution is -2.36. The zero-order valence-corrected chi connectivity index (χ0v) is 9.59. The number of carboxylic acids is 2. The van der Waals surface area contributed by atoms with E-state index in [1.807, 2.05) is 0 Å². The van der Waals surface area contributed by atoms with Crippen molar-refractivity contribution in [2.24, 2.45) is 0 Å². The summed E-state index contributed by atoms with van der Waals surface area (Å²) in [6.45, 7) is 3.89. The molecule has 6 heteroatoms. The highest BCUT2D eigenvalue weighted by molar-refractivity contribution is 5.94. The minimum absolute atomic E-state index is 0.0502. The van der Waals surface area contributed by atoms with Gasteiger partial charge in [0.2, 0.25) is 0 Å². The van der Waals surface area contributed by atoms with E-state index >= 15 is 0 Å². The molecule has 0 aromatic carbocycles. The monoisotopic (exact) mass is 243 g/mol. The van der Waals surface area contributed by atoms with Crippen LogP contribution >= 0.6 is 0 Å². The smallest absolute Gasteiger partial charge is 0.331 e. The van der Waals surface area contributed by atoms with Crippen molar-refractivity contribution in [2.45, 2.75) is 12.8 Å². The molecule has 1 saturated heterocycles. The fourth-order valence-corrected chi connectivity index (χ4v) is 1.71. The van der Waals surface area contributed by atoms with Gasteiger partial charge in [0, 0.05) is 24.7 Å². The molecule has 1 heterocycles. The van der Waals surface area contributed by atoms with Crippen molar-refractivity contribution in [1.82, 2.24) is 4.90 Å². The van der Waals surface area contributed by atoms with Crippen molar-refractivity contribution >= 4 is 11.9 Å². The molecule has 0 amide bonds. The van der Waals surface area contributed by atoms with Crippen molar-refractivity contribution in [3.8, 4) is 0 Å². The Balaban J connectivity index is 2.31. The van der Waals surface area contributed by atoms with E-state index in [9.17, 15) is 9.59 Å². The molecule has 0 saturated carbocycles. The van der Waals surface area contributed by atoms with Crippen LogP contribution < -0.4 is 0 Å². The van der Waals surface area contributed by atoms with Crippen molar-refractivity contribution in [3.63, 3.8) is 0 Å². The third kappa shape index (κ3) is 5.46. The van der Waals surface area contributed by atoms with E-state index in [0.717, 1.165) is 25.7 Å². The summed E-state index contributed by atoms with van der Waals surface area (Å²) in [5.74, 6) is -2.37. The first kappa shape index (κ1) is 13.7. The normalized spacial score (nSPS) is 18.0. The van der Waals surface area contributed by atoms with Crippen molar-refractivity contribution in [2.75, 3.05) is 32.8 Å². The first-order valence-corrected chi connectivity index (χ1v) is 5.56. The number of aliphatic carboxylic acids is 2. The average Bonchev–Trinajstić information content (AvgIpc) is 2.28. The highest BCUT2D eigenvalue weighted by Crippen LogP contribution is 2.07. The fourth-order valence-electron chi connectivity index (χ4n) is 1.71. The minimum atomic E-state index is -1.21. The van der Waals surface area contributed by atoms with Crippen molar-refractivity contribution < 1.29 is 24.5 Å². The summed E-state index contributed by atoms with van der Waals surface area (Å²) in [5.41, 5.74) is -0.0502. The molecular formula is C11H17NO5. The fraction of sp³-hybridized carbons (Fsp3) is 0.636. The molecule has 1 fully saturated rings. The van der Waals surface area contributed by atoms with E-state index in [4.69, 9.17) is 14.9 Å². The number of morpholine rings is 1. The molecule has 0 aromatic heterocycles. The van der Waals surface area contributed by atoms with Crippen LogP contribution in [-0.2, 0) is 14.3 Å². The number of hydrogen-bond donors (Lipinski definition) is 2. The number of nitrogens with zero attached hydrogens (tertiary/aromatic N) is 1. The largest absolute Gasteiger partial charge is 0.478 e. The zero-order chi connectivity index (χ0) is 12.7. The van der Waals surface area contributed by atoms with E-state index in [0.29, 0.717) is 19.6 Å². The zero-order valence-electron chi connectivity index (χ0n) is 9.59. The molecule has 0 aromatic rings. The van der Waals surface area contributed by atoms with Gasteiger partial charge in [0.15, 0.2) is 0 Å². The van der Waals surface area contributed by atoms with Gasteiger partial charge in [-0.15, -0.1) is 0 Å². The van der Waals surface area contributed by atoms with Crippen molar-refractivity contribution in [3.05, 3.63) is 11.6 Å². The molecule has 1 aliphatic heterocycles. The molecule has 0 spiro atoms. The van der Waals surface area contributed by atoms with Gasteiger partial charge in [0.05, 0.1) is 13.2 Å². The molecule has 6 nitrogen and oxygen atoms in total. The number of carboxylic acid groups (broad SMARTS) is 2. The van der Waals surface area contributed by atoms with Gasteiger partial charge >= 0.3 is 11.9 Å². The molecule has 17 heavy (non-hydrogen) atoms. The maximum Gasteiger partial charge on any atom is 0.331 e. The molecule has 1 aliphatic rings. The van der Waals surface area contributed by atoms with Crippen LogP contribution in [0.2, 0.25) is 0 Å². The Morgan fingerprint density at radius 3 is 2.41 bits per heavy atom. The van der Waals surface area contributed by atoms with E-state index in [1.165, 1.54) is 0 Å². The minimum Gasteiger partial charge on any atom is -0.478 e. The summed E-state index contributed by atoms with van der Waals surface area (Å²) in [6.07, 6.45) is 1.69. The summed E-state index contributed by atoms with van der Waals surface area (Å²) in [5, 5.41) is 17.3. The summed E-state index contributed by atoms with van der Waals surface area (Å²) >= 11 is 0. The van der Waals surface area contributed by atoms with Gasteiger partial charge < -0.3 is 14.9 Å². The van der Waals surface area contributed by atoms with Crippen molar-refractivity contribution in [1.29, 1.82) is 0 Å². The Kier molecular flexibility index (Phi) is 5.65. The second-order valence-electron chi connectivity index (χ2n) is 3.87. The quantitative estimate of drug-likeness (QED) is 0.648. The van der Waals surface area contributed by atoms with E-state index < -0.39 is 11.9 Å². The molecule has 0 unspecified atom stereocenters. The summed E-state index contributed by atoms with van der Waals surface area (Å²) < 4.78 is 5.19. The number of carbonyl (C=O) groups is 2. The Hall–Kier alpha value is -1.40.